The number of nitrogens with zero attached hydrogens (tertiary/aromatic N) is 2. The van der Waals surface area contributed by atoms with Crippen LogP contribution in [0.5, 0.6) is 0 Å². The Balaban J connectivity index is 1.55. The molecule has 0 spiro atoms. The Morgan fingerprint density at radius 2 is 1.79 bits per heavy atom. The van der Waals surface area contributed by atoms with Gasteiger partial charge in [0.15, 0.2) is 0 Å². The second-order valence-electron chi connectivity index (χ2n) is 7.01. The van der Waals surface area contributed by atoms with Crippen molar-refractivity contribution in [2.45, 2.75) is 17.4 Å². The highest BCUT2D eigenvalue weighted by Crippen LogP contribution is 2.36. The number of carbonyl (C=O) groups is 1. The van der Waals surface area contributed by atoms with Crippen LogP contribution >= 0.6 is 11.8 Å². The molecule has 0 bridgehead atoms. The van der Waals surface area contributed by atoms with Gasteiger partial charge in [-0.2, -0.15) is 0 Å². The van der Waals surface area contributed by atoms with Gasteiger partial charge in [0, 0.05) is 34.0 Å². The maximum Gasteiger partial charge on any atom is 0.252 e. The van der Waals surface area contributed by atoms with Gasteiger partial charge < -0.3 is 5.32 Å². The molecule has 3 heterocycles. The number of para-hydroxylation sites is 1. The van der Waals surface area contributed by atoms with Gasteiger partial charge in [-0.15, -0.1) is 11.8 Å². The van der Waals surface area contributed by atoms with E-state index in [0.29, 0.717) is 5.56 Å². The number of fused-ring (bicyclic) bond motifs is 2. The van der Waals surface area contributed by atoms with Crippen LogP contribution in [-0.2, 0) is 0 Å². The molecule has 2 aromatic heterocycles. The SMILES string of the molecule is O=C(N[C@@H]1CCSc2ccccc21)c1cc(-c2ccncc2)nc2ccccc12. The first-order valence-corrected chi connectivity index (χ1v) is 10.6. The highest BCUT2D eigenvalue weighted by atomic mass is 32.2. The largest absolute Gasteiger partial charge is 0.345 e. The number of rotatable bonds is 3. The summed E-state index contributed by atoms with van der Waals surface area (Å²) in [5.74, 6) is 0.937. The maximum atomic E-state index is 13.4. The van der Waals surface area contributed by atoms with Gasteiger partial charge in [0.25, 0.3) is 5.91 Å². The van der Waals surface area contributed by atoms with Gasteiger partial charge >= 0.3 is 0 Å². The average Bonchev–Trinajstić information content (AvgIpc) is 2.79. The van der Waals surface area contributed by atoms with Crippen molar-refractivity contribution in [1.29, 1.82) is 0 Å². The zero-order valence-electron chi connectivity index (χ0n) is 15.7. The fourth-order valence-corrected chi connectivity index (χ4v) is 4.89. The van der Waals surface area contributed by atoms with Crippen molar-refractivity contribution in [3.05, 3.63) is 90.3 Å². The van der Waals surface area contributed by atoms with E-state index in [9.17, 15) is 4.79 Å². The van der Waals surface area contributed by atoms with Crippen LogP contribution in [0.2, 0.25) is 0 Å². The lowest BCUT2D eigenvalue weighted by Gasteiger charge is -2.26. The van der Waals surface area contributed by atoms with E-state index in [1.54, 1.807) is 12.4 Å². The summed E-state index contributed by atoms with van der Waals surface area (Å²) in [6.45, 7) is 0. The molecule has 29 heavy (non-hydrogen) atoms. The number of pyridine rings is 2. The predicted octanol–water partition coefficient (Wildman–Crippen LogP) is 5.26. The lowest BCUT2D eigenvalue weighted by Crippen LogP contribution is -2.30. The summed E-state index contributed by atoms with van der Waals surface area (Å²) in [4.78, 5) is 23.5. The van der Waals surface area contributed by atoms with Gasteiger partial charge in [-0.1, -0.05) is 36.4 Å². The zero-order chi connectivity index (χ0) is 19.6. The third kappa shape index (κ3) is 3.49. The lowest BCUT2D eigenvalue weighted by molar-refractivity contribution is 0.0936. The maximum absolute atomic E-state index is 13.4. The Kier molecular flexibility index (Phi) is 4.74. The summed E-state index contributed by atoms with van der Waals surface area (Å²) < 4.78 is 0. The van der Waals surface area contributed by atoms with Crippen LogP contribution in [0.15, 0.2) is 84.0 Å². The Morgan fingerprint density at radius 1 is 1.00 bits per heavy atom. The molecule has 1 aliphatic heterocycles. The Bertz CT molecular complexity index is 1190. The van der Waals surface area contributed by atoms with Crippen LogP contribution in [0.4, 0.5) is 0 Å². The first-order valence-electron chi connectivity index (χ1n) is 9.62. The van der Waals surface area contributed by atoms with Crippen molar-refractivity contribution in [2.24, 2.45) is 0 Å². The van der Waals surface area contributed by atoms with Gasteiger partial charge in [0.05, 0.1) is 22.8 Å². The Labute approximate surface area is 173 Å². The molecule has 5 heteroatoms. The van der Waals surface area contributed by atoms with Crippen molar-refractivity contribution >= 4 is 28.6 Å². The highest BCUT2D eigenvalue weighted by molar-refractivity contribution is 7.99. The molecule has 5 rings (SSSR count). The van der Waals surface area contributed by atoms with Crippen LogP contribution in [-0.4, -0.2) is 21.6 Å². The van der Waals surface area contributed by atoms with E-state index in [0.717, 1.165) is 34.3 Å². The molecule has 4 aromatic rings. The molecular weight excluding hydrogens is 378 g/mol. The Morgan fingerprint density at radius 3 is 2.69 bits per heavy atom. The molecule has 0 unspecified atom stereocenters. The monoisotopic (exact) mass is 397 g/mol. The molecule has 2 aromatic carbocycles. The predicted molar refractivity (Wildman–Crippen MR) is 117 cm³/mol. The topological polar surface area (TPSA) is 54.9 Å². The number of thioether (sulfide) groups is 1. The van der Waals surface area contributed by atoms with E-state index < -0.39 is 0 Å². The zero-order valence-corrected chi connectivity index (χ0v) is 16.5. The van der Waals surface area contributed by atoms with Crippen molar-refractivity contribution in [3.63, 3.8) is 0 Å². The molecule has 1 atom stereocenters. The number of amides is 1. The van der Waals surface area contributed by atoms with Gasteiger partial charge in [0.1, 0.15) is 0 Å². The van der Waals surface area contributed by atoms with E-state index >= 15 is 0 Å². The summed E-state index contributed by atoms with van der Waals surface area (Å²) in [5, 5.41) is 4.13. The molecular formula is C24H19N3OS. The number of nitrogens with one attached hydrogen (secondary N) is 1. The van der Waals surface area contributed by atoms with Crippen molar-refractivity contribution in [2.75, 3.05) is 5.75 Å². The molecule has 0 aliphatic carbocycles. The van der Waals surface area contributed by atoms with E-state index in [4.69, 9.17) is 4.98 Å². The van der Waals surface area contributed by atoms with Gasteiger partial charge in [0.2, 0.25) is 0 Å². The number of hydrogen-bond donors (Lipinski definition) is 1. The third-order valence-electron chi connectivity index (χ3n) is 5.20. The van der Waals surface area contributed by atoms with Crippen molar-refractivity contribution in [1.82, 2.24) is 15.3 Å². The fourth-order valence-electron chi connectivity index (χ4n) is 3.76. The molecule has 0 fully saturated rings. The molecule has 0 saturated heterocycles. The van der Waals surface area contributed by atoms with Crippen LogP contribution in [0.1, 0.15) is 28.4 Å². The van der Waals surface area contributed by atoms with Crippen LogP contribution in [0, 0.1) is 0 Å². The molecule has 0 radical (unpaired) electrons. The number of carbonyl (C=O) groups excluding carboxylic acids is 1. The van der Waals surface area contributed by atoms with Gasteiger partial charge in [-0.25, -0.2) is 4.98 Å². The minimum Gasteiger partial charge on any atom is -0.345 e. The average molecular weight is 398 g/mol. The normalized spacial score (nSPS) is 15.7. The summed E-state index contributed by atoms with van der Waals surface area (Å²) in [5.41, 5.74) is 4.38. The van der Waals surface area contributed by atoms with Crippen LogP contribution in [0.3, 0.4) is 0 Å². The molecule has 1 aliphatic rings. The molecule has 142 valence electrons. The van der Waals surface area contributed by atoms with Crippen molar-refractivity contribution < 1.29 is 4.79 Å². The molecule has 0 saturated carbocycles. The van der Waals surface area contributed by atoms with E-state index in [1.807, 2.05) is 66.4 Å². The summed E-state index contributed by atoms with van der Waals surface area (Å²) >= 11 is 1.85. The van der Waals surface area contributed by atoms with Crippen LogP contribution < -0.4 is 5.32 Å². The molecule has 4 nitrogen and oxygen atoms in total. The first kappa shape index (κ1) is 17.9. The van der Waals surface area contributed by atoms with Crippen LogP contribution in [0.25, 0.3) is 22.2 Å². The second kappa shape index (κ2) is 7.68. The van der Waals surface area contributed by atoms with E-state index in [1.165, 1.54) is 10.5 Å². The van der Waals surface area contributed by atoms with Gasteiger partial charge in [-0.05, 0) is 42.3 Å². The smallest absolute Gasteiger partial charge is 0.252 e. The minimum absolute atomic E-state index is 0.0243. The number of aromatic nitrogens is 2. The highest BCUT2D eigenvalue weighted by Gasteiger charge is 2.23. The Hall–Kier alpha value is -3.18. The molecule has 1 N–H and O–H groups in total. The van der Waals surface area contributed by atoms with E-state index in [-0.39, 0.29) is 11.9 Å². The minimum atomic E-state index is -0.0643. The summed E-state index contributed by atoms with van der Waals surface area (Å²) in [6.07, 6.45) is 4.40. The van der Waals surface area contributed by atoms with E-state index in [2.05, 4.69) is 22.4 Å². The van der Waals surface area contributed by atoms with Gasteiger partial charge in [-0.3, -0.25) is 9.78 Å². The molecule has 1 amide bonds. The fraction of sp³-hybridized carbons (Fsp3) is 0.125. The second-order valence-corrected chi connectivity index (χ2v) is 8.15. The first-order chi connectivity index (χ1) is 14.3. The standard InChI is InChI=1S/C24H19N3OS/c28-24(27-21-11-14-29-23-8-4-2-6-18(21)23)19-15-22(16-9-12-25-13-10-16)26-20-7-3-1-5-17(19)20/h1-10,12-13,15,21H,11,14H2,(H,27,28)/t21-/m1/s1. The third-order valence-corrected chi connectivity index (χ3v) is 6.32. The number of benzene rings is 2. The van der Waals surface area contributed by atoms with Crippen molar-refractivity contribution in [3.8, 4) is 11.3 Å². The quantitative estimate of drug-likeness (QED) is 0.512. The summed E-state index contributed by atoms with van der Waals surface area (Å²) in [7, 11) is 0. The summed E-state index contributed by atoms with van der Waals surface area (Å²) in [6, 6.07) is 21.8. The number of hydrogen-bond acceptors (Lipinski definition) is 4. The lowest BCUT2D eigenvalue weighted by atomic mass is 10.0.